The Kier molecular flexibility index (Phi) is 2.86. The highest BCUT2D eigenvalue weighted by molar-refractivity contribution is 8.23. The van der Waals surface area contributed by atoms with Gasteiger partial charge in [0.1, 0.15) is 4.32 Å². The maximum Gasteiger partial charge on any atom is 0.134 e. The molecule has 1 saturated heterocycles. The minimum absolute atomic E-state index is 0.528. The summed E-state index contributed by atoms with van der Waals surface area (Å²) in [5, 5.41) is 3.30. The predicted octanol–water partition coefficient (Wildman–Crippen LogP) is 2.22. The monoisotopic (exact) mass is 209 g/mol. The number of hydrogen-bond acceptors (Lipinski definition) is 2. The molecule has 0 aromatic heterocycles. The van der Waals surface area contributed by atoms with Gasteiger partial charge in [-0.15, -0.1) is 0 Å². The van der Waals surface area contributed by atoms with Crippen molar-refractivity contribution in [2.75, 3.05) is 5.75 Å². The van der Waals surface area contributed by atoms with Gasteiger partial charge >= 0.3 is 0 Å². The lowest BCUT2D eigenvalue weighted by atomic mass is 10.1. The molecule has 1 aromatic rings. The van der Waals surface area contributed by atoms with Gasteiger partial charge in [0.25, 0.3) is 0 Å². The van der Waals surface area contributed by atoms with Crippen molar-refractivity contribution in [1.82, 2.24) is 5.32 Å². The molecule has 1 aliphatic rings. The van der Waals surface area contributed by atoms with Crippen molar-refractivity contribution in [2.24, 2.45) is 0 Å². The van der Waals surface area contributed by atoms with Crippen LogP contribution in [0.25, 0.3) is 0 Å². The van der Waals surface area contributed by atoms with Gasteiger partial charge in [-0.1, -0.05) is 54.3 Å². The Bertz CT molecular complexity index is 297. The highest BCUT2D eigenvalue weighted by atomic mass is 32.2. The third kappa shape index (κ3) is 2.45. The fourth-order valence-electron chi connectivity index (χ4n) is 1.43. The van der Waals surface area contributed by atoms with Gasteiger partial charge in [-0.05, 0) is 12.0 Å². The highest BCUT2D eigenvalue weighted by Gasteiger charge is 2.18. The van der Waals surface area contributed by atoms with Crippen LogP contribution in [-0.4, -0.2) is 16.1 Å². The Morgan fingerprint density at radius 2 is 2.15 bits per heavy atom. The van der Waals surface area contributed by atoms with Crippen molar-refractivity contribution in [2.45, 2.75) is 12.5 Å². The number of hydrogen-bond donors (Lipinski definition) is 1. The molecule has 1 heterocycles. The molecule has 68 valence electrons. The number of thiocarbonyl (C=S) groups is 1. The first kappa shape index (κ1) is 9.03. The van der Waals surface area contributed by atoms with E-state index in [0.717, 1.165) is 16.5 Å². The summed E-state index contributed by atoms with van der Waals surface area (Å²) in [7, 11) is 0. The Morgan fingerprint density at radius 3 is 2.77 bits per heavy atom. The first-order valence-electron chi connectivity index (χ1n) is 4.32. The number of nitrogens with one attached hydrogen (secondary N) is 1. The molecule has 3 heteroatoms. The predicted molar refractivity (Wildman–Crippen MR) is 62.1 cm³/mol. The van der Waals surface area contributed by atoms with Crippen molar-refractivity contribution in [3.8, 4) is 0 Å². The first-order valence-corrected chi connectivity index (χ1v) is 5.71. The average Bonchev–Trinajstić information content (AvgIpc) is 2.53. The van der Waals surface area contributed by atoms with E-state index in [0.29, 0.717) is 6.04 Å². The molecule has 0 spiro atoms. The van der Waals surface area contributed by atoms with Gasteiger partial charge in [0.15, 0.2) is 0 Å². The van der Waals surface area contributed by atoms with E-state index in [1.54, 1.807) is 11.8 Å². The average molecular weight is 209 g/mol. The van der Waals surface area contributed by atoms with Crippen LogP contribution in [0.1, 0.15) is 5.56 Å². The van der Waals surface area contributed by atoms with E-state index in [1.165, 1.54) is 5.56 Å². The number of rotatable bonds is 2. The summed E-state index contributed by atoms with van der Waals surface area (Å²) in [4.78, 5) is 0. The smallest absolute Gasteiger partial charge is 0.134 e. The second-order valence-corrected chi connectivity index (χ2v) is 4.83. The summed E-state index contributed by atoms with van der Waals surface area (Å²) in [6.07, 6.45) is 1.08. The lowest BCUT2D eigenvalue weighted by molar-refractivity contribution is 0.692. The quantitative estimate of drug-likeness (QED) is 0.750. The summed E-state index contributed by atoms with van der Waals surface area (Å²) in [5.74, 6) is 1.10. The summed E-state index contributed by atoms with van der Waals surface area (Å²) < 4.78 is 0.945. The Morgan fingerprint density at radius 1 is 1.38 bits per heavy atom. The molecule has 0 bridgehead atoms. The molecule has 1 aromatic carbocycles. The first-order chi connectivity index (χ1) is 6.34. The summed E-state index contributed by atoms with van der Waals surface area (Å²) >= 11 is 6.81. The minimum atomic E-state index is 0.528. The van der Waals surface area contributed by atoms with Crippen LogP contribution >= 0.6 is 24.0 Å². The van der Waals surface area contributed by atoms with Crippen molar-refractivity contribution >= 4 is 28.3 Å². The van der Waals surface area contributed by atoms with Crippen molar-refractivity contribution in [1.29, 1.82) is 0 Å². The molecule has 0 unspecified atom stereocenters. The Hall–Kier alpha value is -0.540. The summed E-state index contributed by atoms with van der Waals surface area (Å²) in [6, 6.07) is 11.1. The molecular weight excluding hydrogens is 198 g/mol. The van der Waals surface area contributed by atoms with Crippen LogP contribution < -0.4 is 5.32 Å². The molecule has 1 nitrogen and oxygen atoms in total. The van der Waals surface area contributed by atoms with E-state index in [1.807, 2.05) is 6.07 Å². The molecule has 0 aliphatic carbocycles. The largest absolute Gasteiger partial charge is 0.367 e. The Labute approximate surface area is 87.9 Å². The van der Waals surface area contributed by atoms with Gasteiger partial charge in [0.05, 0.1) is 0 Å². The van der Waals surface area contributed by atoms with E-state index in [9.17, 15) is 0 Å². The lowest BCUT2D eigenvalue weighted by Gasteiger charge is -2.08. The molecule has 1 atom stereocenters. The molecule has 1 aliphatic heterocycles. The van der Waals surface area contributed by atoms with E-state index in [2.05, 4.69) is 29.6 Å². The Balaban J connectivity index is 1.96. The fourth-order valence-corrected chi connectivity index (χ4v) is 2.61. The van der Waals surface area contributed by atoms with Gasteiger partial charge in [0, 0.05) is 11.8 Å². The zero-order valence-electron chi connectivity index (χ0n) is 7.19. The van der Waals surface area contributed by atoms with Gasteiger partial charge in [-0.2, -0.15) is 0 Å². The van der Waals surface area contributed by atoms with Crippen molar-refractivity contribution in [3.63, 3.8) is 0 Å². The van der Waals surface area contributed by atoms with Crippen LogP contribution in [0.5, 0.6) is 0 Å². The van der Waals surface area contributed by atoms with E-state index >= 15 is 0 Å². The van der Waals surface area contributed by atoms with Gasteiger partial charge < -0.3 is 5.32 Å². The molecule has 0 amide bonds. The molecular formula is C10H11NS2. The third-order valence-corrected chi connectivity index (χ3v) is 3.48. The summed E-state index contributed by atoms with van der Waals surface area (Å²) in [5.41, 5.74) is 1.38. The normalized spacial score (nSPS) is 21.5. The molecule has 13 heavy (non-hydrogen) atoms. The third-order valence-electron chi connectivity index (χ3n) is 2.06. The van der Waals surface area contributed by atoms with Crippen LogP contribution in [0.3, 0.4) is 0 Å². The highest BCUT2D eigenvalue weighted by Crippen LogP contribution is 2.16. The van der Waals surface area contributed by atoms with Crippen LogP contribution in [0.15, 0.2) is 30.3 Å². The molecule has 0 saturated carbocycles. The topological polar surface area (TPSA) is 12.0 Å². The number of benzene rings is 1. The second-order valence-electron chi connectivity index (χ2n) is 3.13. The SMILES string of the molecule is S=C1N[C@H](Cc2ccccc2)CS1. The maximum absolute atomic E-state index is 5.06. The fraction of sp³-hybridized carbons (Fsp3) is 0.300. The minimum Gasteiger partial charge on any atom is -0.367 e. The van der Waals surface area contributed by atoms with Gasteiger partial charge in [0.2, 0.25) is 0 Å². The molecule has 2 rings (SSSR count). The second kappa shape index (κ2) is 4.11. The zero-order chi connectivity index (χ0) is 9.10. The van der Waals surface area contributed by atoms with Crippen LogP contribution in [0.4, 0.5) is 0 Å². The molecule has 0 radical (unpaired) electrons. The van der Waals surface area contributed by atoms with E-state index < -0.39 is 0 Å². The maximum atomic E-state index is 5.06. The van der Waals surface area contributed by atoms with Crippen molar-refractivity contribution in [3.05, 3.63) is 35.9 Å². The standard InChI is InChI=1S/C10H11NS2/c12-10-11-9(7-13-10)6-8-4-2-1-3-5-8/h1-5,9H,6-7H2,(H,11,12)/t9-/m1/s1. The van der Waals surface area contributed by atoms with Crippen LogP contribution in [-0.2, 0) is 6.42 Å². The van der Waals surface area contributed by atoms with Gasteiger partial charge in [-0.3, -0.25) is 0 Å². The lowest BCUT2D eigenvalue weighted by Crippen LogP contribution is -2.27. The van der Waals surface area contributed by atoms with Gasteiger partial charge in [-0.25, -0.2) is 0 Å². The van der Waals surface area contributed by atoms with Crippen LogP contribution in [0, 0.1) is 0 Å². The van der Waals surface area contributed by atoms with Crippen molar-refractivity contribution < 1.29 is 0 Å². The van der Waals surface area contributed by atoms with E-state index in [-0.39, 0.29) is 0 Å². The summed E-state index contributed by atoms with van der Waals surface area (Å²) in [6.45, 7) is 0. The van der Waals surface area contributed by atoms with E-state index in [4.69, 9.17) is 12.2 Å². The number of thioether (sulfide) groups is 1. The molecule has 1 N–H and O–H groups in total. The van der Waals surface area contributed by atoms with Crippen LogP contribution in [0.2, 0.25) is 0 Å². The molecule has 1 fully saturated rings. The zero-order valence-corrected chi connectivity index (χ0v) is 8.83.